The normalized spacial score (nSPS) is 15.8. The molecule has 0 unspecified atom stereocenters. The second-order valence-electron chi connectivity index (χ2n) is 8.82. The van der Waals surface area contributed by atoms with Gasteiger partial charge in [0.25, 0.3) is 0 Å². The molecule has 2 rings (SSSR count). The Hall–Kier alpha value is -1.95. The summed E-state index contributed by atoms with van der Waals surface area (Å²) >= 11 is 3.34. The van der Waals surface area contributed by atoms with Gasteiger partial charge in [-0.2, -0.15) is 4.99 Å². The van der Waals surface area contributed by atoms with Gasteiger partial charge in [0, 0.05) is 12.1 Å². The van der Waals surface area contributed by atoms with Crippen molar-refractivity contribution in [1.29, 1.82) is 0 Å². The van der Waals surface area contributed by atoms with Gasteiger partial charge in [-0.15, -0.1) is 0 Å². The average molecular weight is 505 g/mol. The van der Waals surface area contributed by atoms with Gasteiger partial charge in [0.15, 0.2) is 11.4 Å². The van der Waals surface area contributed by atoms with Gasteiger partial charge in [-0.3, -0.25) is 4.79 Å². The topological polar surface area (TPSA) is 67.8 Å². The number of Topliss-reactive ketones (excluding diaryl/α,β-unsaturated/α-hetero) is 1. The number of ketones is 1. The third kappa shape index (κ3) is 8.19. The minimum absolute atomic E-state index is 0.165. The number of hydrogen-bond donors (Lipinski definition) is 1. The lowest BCUT2D eigenvalue weighted by Crippen LogP contribution is -2.29. The Balaban J connectivity index is 1.84. The van der Waals surface area contributed by atoms with E-state index in [2.05, 4.69) is 33.2 Å². The highest BCUT2D eigenvalue weighted by molar-refractivity contribution is 9.12. The molecule has 2 amide bonds. The molecule has 0 radical (unpaired) electrons. The van der Waals surface area contributed by atoms with Crippen molar-refractivity contribution in [2.24, 2.45) is 4.99 Å². The van der Waals surface area contributed by atoms with Crippen molar-refractivity contribution in [3.8, 4) is 0 Å². The van der Waals surface area contributed by atoms with Crippen LogP contribution < -0.4 is 5.32 Å². The zero-order valence-electron chi connectivity index (χ0n) is 19.7. The summed E-state index contributed by atoms with van der Waals surface area (Å²) in [6, 6.07) is 8.89. The molecule has 0 bridgehead atoms. The van der Waals surface area contributed by atoms with E-state index in [9.17, 15) is 9.59 Å². The highest BCUT2D eigenvalue weighted by Crippen LogP contribution is 2.35. The fourth-order valence-electron chi connectivity index (χ4n) is 3.66. The minimum Gasteiger partial charge on any atom is -0.476 e. The molecule has 1 aliphatic rings. The first kappa shape index (κ1) is 26.3. The van der Waals surface area contributed by atoms with Gasteiger partial charge in [0.2, 0.25) is 5.78 Å². The standard InChI is InChI=1S/C26H37BrN2O3/c1-4-5-6-7-8-9-10-11-12-16-19-28-25(31)29-22(20-17-14-13-15-18-20)23-21(27)24(30)26(2,3)32-23/h13-15,17-18H,4-12,16,19H2,1-3H3,(H,28,31). The Bertz CT molecular complexity index is 816. The number of allylic oxidation sites excluding steroid dienone is 1. The van der Waals surface area contributed by atoms with Crippen LogP contribution in [0.25, 0.3) is 0 Å². The first-order chi connectivity index (χ1) is 15.4. The van der Waals surface area contributed by atoms with E-state index in [4.69, 9.17) is 4.74 Å². The monoisotopic (exact) mass is 504 g/mol. The molecular weight excluding hydrogens is 468 g/mol. The van der Waals surface area contributed by atoms with Crippen LogP contribution in [-0.2, 0) is 9.53 Å². The van der Waals surface area contributed by atoms with Crippen molar-refractivity contribution >= 4 is 33.5 Å². The van der Waals surface area contributed by atoms with Crippen molar-refractivity contribution in [2.75, 3.05) is 6.54 Å². The lowest BCUT2D eigenvalue weighted by molar-refractivity contribution is -0.126. The SMILES string of the molecule is CCCCCCCCCCCCNC(=O)N=C(C1=C(Br)C(=O)C(C)(C)O1)c1ccccc1. The van der Waals surface area contributed by atoms with E-state index in [-0.39, 0.29) is 5.78 Å². The second-order valence-corrected chi connectivity index (χ2v) is 9.62. The summed E-state index contributed by atoms with van der Waals surface area (Å²) in [5, 5.41) is 2.87. The quantitative estimate of drug-likeness (QED) is 0.230. The molecule has 32 heavy (non-hydrogen) atoms. The first-order valence-corrected chi connectivity index (χ1v) is 12.7. The van der Waals surface area contributed by atoms with E-state index in [0.29, 0.717) is 22.5 Å². The van der Waals surface area contributed by atoms with Crippen molar-refractivity contribution in [3.63, 3.8) is 0 Å². The maximum atomic E-state index is 12.5. The summed E-state index contributed by atoms with van der Waals surface area (Å²) in [5.41, 5.74) is 0.0898. The smallest absolute Gasteiger partial charge is 0.341 e. The van der Waals surface area contributed by atoms with Crippen LogP contribution in [0.5, 0.6) is 0 Å². The highest BCUT2D eigenvalue weighted by Gasteiger charge is 2.42. The number of nitrogens with zero attached hydrogens (tertiary/aromatic N) is 1. The number of carbonyl (C=O) groups excluding carboxylic acids is 2. The van der Waals surface area contributed by atoms with Crippen LogP contribution in [0.2, 0.25) is 0 Å². The van der Waals surface area contributed by atoms with Gasteiger partial charge >= 0.3 is 6.03 Å². The molecule has 0 spiro atoms. The third-order valence-corrected chi connectivity index (χ3v) is 6.31. The Morgan fingerprint density at radius 1 is 0.969 bits per heavy atom. The molecule has 0 aromatic heterocycles. The molecule has 1 heterocycles. The van der Waals surface area contributed by atoms with Gasteiger partial charge in [0.1, 0.15) is 10.2 Å². The lowest BCUT2D eigenvalue weighted by atomic mass is 10.1. The van der Waals surface area contributed by atoms with Crippen LogP contribution in [0.3, 0.4) is 0 Å². The second kappa shape index (κ2) is 13.6. The van der Waals surface area contributed by atoms with E-state index in [1.165, 1.54) is 51.4 Å². The maximum absolute atomic E-state index is 12.5. The molecule has 0 fully saturated rings. The molecule has 1 aromatic carbocycles. The Morgan fingerprint density at radius 3 is 2.06 bits per heavy atom. The summed E-state index contributed by atoms with van der Waals surface area (Å²) < 4.78 is 6.19. The number of benzene rings is 1. The summed E-state index contributed by atoms with van der Waals surface area (Å²) in [6.45, 7) is 6.24. The number of urea groups is 1. The number of ether oxygens (including phenoxy) is 1. The fourth-order valence-corrected chi connectivity index (χ4v) is 4.40. The zero-order valence-corrected chi connectivity index (χ0v) is 21.3. The molecular formula is C26H37BrN2O3. The number of unbranched alkanes of at least 4 members (excludes halogenated alkanes) is 9. The predicted octanol–water partition coefficient (Wildman–Crippen LogP) is 7.09. The van der Waals surface area contributed by atoms with Crippen LogP contribution >= 0.6 is 15.9 Å². The largest absolute Gasteiger partial charge is 0.476 e. The van der Waals surface area contributed by atoms with Gasteiger partial charge < -0.3 is 10.1 Å². The van der Waals surface area contributed by atoms with E-state index >= 15 is 0 Å². The van der Waals surface area contributed by atoms with E-state index in [0.717, 1.165) is 18.4 Å². The number of aliphatic imine (C=N–C) groups is 1. The maximum Gasteiger partial charge on any atom is 0.341 e. The molecule has 0 saturated heterocycles. The number of nitrogens with one attached hydrogen (secondary N) is 1. The molecule has 6 heteroatoms. The van der Waals surface area contributed by atoms with Gasteiger partial charge in [-0.25, -0.2) is 4.79 Å². The van der Waals surface area contributed by atoms with Crippen LogP contribution in [-0.4, -0.2) is 29.7 Å². The van der Waals surface area contributed by atoms with Crippen molar-refractivity contribution in [3.05, 3.63) is 46.1 Å². The summed E-state index contributed by atoms with van der Waals surface area (Å²) in [4.78, 5) is 29.2. The van der Waals surface area contributed by atoms with Crippen molar-refractivity contribution in [1.82, 2.24) is 5.32 Å². The number of halogens is 1. The number of hydrogen-bond acceptors (Lipinski definition) is 3. The Kier molecular flexibility index (Phi) is 11.1. The molecule has 1 N–H and O–H groups in total. The fraction of sp³-hybridized carbons (Fsp3) is 0.577. The highest BCUT2D eigenvalue weighted by atomic mass is 79.9. The molecule has 0 aliphatic carbocycles. The molecule has 1 aliphatic heterocycles. The Labute approximate surface area is 201 Å². The van der Waals surface area contributed by atoms with Crippen LogP contribution in [0, 0.1) is 0 Å². The van der Waals surface area contributed by atoms with Crippen molar-refractivity contribution in [2.45, 2.75) is 90.6 Å². The summed E-state index contributed by atoms with van der Waals surface area (Å²) in [6.07, 6.45) is 12.5. The summed E-state index contributed by atoms with van der Waals surface area (Å²) in [7, 11) is 0. The van der Waals surface area contributed by atoms with E-state index in [1.807, 2.05) is 30.3 Å². The summed E-state index contributed by atoms with van der Waals surface area (Å²) in [5.74, 6) is 0.141. The van der Waals surface area contributed by atoms with Crippen LogP contribution in [0.1, 0.15) is 90.5 Å². The Morgan fingerprint density at radius 2 is 1.53 bits per heavy atom. The number of amides is 2. The van der Waals surface area contributed by atoms with Crippen LogP contribution in [0.15, 0.2) is 45.6 Å². The zero-order chi connectivity index (χ0) is 23.4. The molecule has 0 saturated carbocycles. The molecule has 0 atom stereocenters. The lowest BCUT2D eigenvalue weighted by Gasteiger charge is -2.18. The first-order valence-electron chi connectivity index (χ1n) is 11.9. The molecule has 176 valence electrons. The van der Waals surface area contributed by atoms with Gasteiger partial charge in [-0.05, 0) is 36.2 Å². The van der Waals surface area contributed by atoms with Gasteiger partial charge in [-0.1, -0.05) is 95.0 Å². The minimum atomic E-state index is -0.990. The third-order valence-electron chi connectivity index (χ3n) is 5.58. The van der Waals surface area contributed by atoms with E-state index in [1.54, 1.807) is 13.8 Å². The number of carbonyl (C=O) groups is 2. The average Bonchev–Trinajstić information content (AvgIpc) is 2.99. The van der Waals surface area contributed by atoms with Crippen molar-refractivity contribution < 1.29 is 14.3 Å². The van der Waals surface area contributed by atoms with Crippen LogP contribution in [0.4, 0.5) is 4.79 Å². The van der Waals surface area contributed by atoms with Gasteiger partial charge in [0.05, 0.1) is 0 Å². The van der Waals surface area contributed by atoms with E-state index < -0.39 is 11.6 Å². The molecule has 5 nitrogen and oxygen atoms in total. The predicted molar refractivity (Wildman–Crippen MR) is 134 cm³/mol. The molecule has 1 aromatic rings. The number of rotatable bonds is 13.